The van der Waals surface area contributed by atoms with Gasteiger partial charge in [0.05, 0.1) is 26.3 Å². The molecule has 0 aliphatic carbocycles. The van der Waals surface area contributed by atoms with Crippen LogP contribution in [0.2, 0.25) is 0 Å². The number of halogens is 3. The molecule has 2 aromatic rings. The number of benzene rings is 2. The van der Waals surface area contributed by atoms with Crippen LogP contribution in [0.15, 0.2) is 52.3 Å². The summed E-state index contributed by atoms with van der Waals surface area (Å²) in [5.74, 6) is -0.240. The minimum Gasteiger partial charge on any atom is -0.486 e. The quantitative estimate of drug-likeness (QED) is 0.395. The van der Waals surface area contributed by atoms with E-state index in [0.717, 1.165) is 35.9 Å². The summed E-state index contributed by atoms with van der Waals surface area (Å²) in [7, 11) is 2.33. The van der Waals surface area contributed by atoms with Gasteiger partial charge in [0, 0.05) is 29.0 Å². The molecule has 39 heavy (non-hydrogen) atoms. The van der Waals surface area contributed by atoms with Crippen molar-refractivity contribution in [1.82, 2.24) is 9.80 Å². The van der Waals surface area contributed by atoms with Gasteiger partial charge in [-0.2, -0.15) is 13.2 Å². The van der Waals surface area contributed by atoms with E-state index in [2.05, 4.69) is 4.74 Å². The third-order valence-electron chi connectivity index (χ3n) is 6.04. The molecule has 1 saturated heterocycles. The second-order valence-corrected chi connectivity index (χ2v) is 9.60. The molecular formula is C26H25F3N2O7S. The molecule has 0 N–H and O–H groups in total. The van der Waals surface area contributed by atoms with Gasteiger partial charge in [-0.15, -0.1) is 0 Å². The van der Waals surface area contributed by atoms with Crippen molar-refractivity contribution in [3.05, 3.63) is 53.6 Å². The summed E-state index contributed by atoms with van der Waals surface area (Å²) >= 11 is 0.938. The maximum atomic E-state index is 13.9. The predicted molar refractivity (Wildman–Crippen MR) is 134 cm³/mol. The molecule has 13 heteroatoms. The SMILES string of the molecule is COC(=O)C1CN(C(=O)/C=C/c2ccc(Sc3ccc4c(c3)OCCO4)c(C(F)(F)F)c2)CCN1C(=O)OC. The van der Waals surface area contributed by atoms with Crippen molar-refractivity contribution >= 4 is 35.8 Å². The zero-order valence-corrected chi connectivity index (χ0v) is 21.8. The fraction of sp³-hybridized carbons (Fsp3) is 0.346. The van der Waals surface area contributed by atoms with Crippen molar-refractivity contribution in [2.24, 2.45) is 0 Å². The van der Waals surface area contributed by atoms with E-state index >= 15 is 0 Å². The first-order chi connectivity index (χ1) is 18.6. The van der Waals surface area contributed by atoms with Crippen molar-refractivity contribution in [3.8, 4) is 11.5 Å². The highest BCUT2D eigenvalue weighted by molar-refractivity contribution is 7.99. The molecule has 2 aliphatic heterocycles. The zero-order valence-electron chi connectivity index (χ0n) is 21.0. The van der Waals surface area contributed by atoms with Crippen LogP contribution >= 0.6 is 11.8 Å². The summed E-state index contributed by atoms with van der Waals surface area (Å²) in [6.45, 7) is 0.744. The van der Waals surface area contributed by atoms with Gasteiger partial charge in [0.1, 0.15) is 13.2 Å². The number of alkyl halides is 3. The standard InChI is InChI=1S/C26H25F3N2O7S/c1-35-24(33)19-15-30(9-10-31(19)25(34)36-2)23(32)8-4-16-3-7-22(18(13-16)26(27,28)29)39-17-5-6-20-21(14-17)38-12-11-37-20/h3-8,13-14,19H,9-12,15H2,1-2H3/b8-4+. The molecule has 0 aromatic heterocycles. The Hall–Kier alpha value is -3.87. The smallest absolute Gasteiger partial charge is 0.417 e. The van der Waals surface area contributed by atoms with Crippen molar-refractivity contribution in [2.75, 3.05) is 47.1 Å². The molecule has 2 aliphatic rings. The van der Waals surface area contributed by atoms with Crippen LogP contribution in [0, 0.1) is 0 Å². The average molecular weight is 567 g/mol. The third kappa shape index (κ3) is 6.59. The molecule has 1 fully saturated rings. The van der Waals surface area contributed by atoms with E-state index in [-0.39, 0.29) is 30.1 Å². The van der Waals surface area contributed by atoms with Gasteiger partial charge < -0.3 is 23.8 Å². The molecule has 1 atom stereocenters. The van der Waals surface area contributed by atoms with E-state index in [1.807, 2.05) is 0 Å². The molecule has 4 rings (SSSR count). The zero-order chi connectivity index (χ0) is 28.2. The van der Waals surface area contributed by atoms with Crippen LogP contribution in [-0.4, -0.2) is 80.9 Å². The van der Waals surface area contributed by atoms with Gasteiger partial charge in [0.25, 0.3) is 0 Å². The van der Waals surface area contributed by atoms with Crippen LogP contribution in [0.5, 0.6) is 11.5 Å². The van der Waals surface area contributed by atoms with Gasteiger partial charge >= 0.3 is 18.2 Å². The Kier molecular flexibility index (Phi) is 8.58. The summed E-state index contributed by atoms with van der Waals surface area (Å²) in [6, 6.07) is 7.67. The lowest BCUT2D eigenvalue weighted by Gasteiger charge is -2.38. The highest BCUT2D eigenvalue weighted by Crippen LogP contribution is 2.42. The minimum atomic E-state index is -4.64. The number of rotatable bonds is 5. The maximum Gasteiger partial charge on any atom is 0.417 e. The molecular weight excluding hydrogens is 541 g/mol. The molecule has 0 bridgehead atoms. The van der Waals surface area contributed by atoms with E-state index in [0.29, 0.717) is 29.6 Å². The maximum absolute atomic E-state index is 13.9. The number of carbonyl (C=O) groups excluding carboxylic acids is 3. The number of ether oxygens (including phenoxy) is 4. The van der Waals surface area contributed by atoms with Crippen LogP contribution in [-0.2, 0) is 25.2 Å². The van der Waals surface area contributed by atoms with Crippen molar-refractivity contribution in [3.63, 3.8) is 0 Å². The van der Waals surface area contributed by atoms with Gasteiger partial charge in [-0.25, -0.2) is 9.59 Å². The van der Waals surface area contributed by atoms with Crippen LogP contribution < -0.4 is 9.47 Å². The summed E-state index contributed by atoms with van der Waals surface area (Å²) in [5, 5.41) is 0. The molecule has 2 amide bonds. The normalized spacial score (nSPS) is 17.2. The number of piperazine rings is 1. The number of esters is 1. The van der Waals surface area contributed by atoms with E-state index in [1.54, 1.807) is 18.2 Å². The van der Waals surface area contributed by atoms with Crippen molar-refractivity contribution < 1.29 is 46.5 Å². The highest BCUT2D eigenvalue weighted by atomic mass is 32.2. The van der Waals surface area contributed by atoms with Crippen LogP contribution in [0.25, 0.3) is 6.08 Å². The van der Waals surface area contributed by atoms with Crippen LogP contribution in [0.3, 0.4) is 0 Å². The Morgan fingerprint density at radius 2 is 1.74 bits per heavy atom. The number of amides is 2. The first kappa shape index (κ1) is 28.1. The van der Waals surface area contributed by atoms with Gasteiger partial charge in [-0.1, -0.05) is 17.8 Å². The number of fused-ring (bicyclic) bond motifs is 1. The second-order valence-electron chi connectivity index (χ2n) is 8.48. The molecule has 1 unspecified atom stereocenters. The van der Waals surface area contributed by atoms with E-state index in [4.69, 9.17) is 14.2 Å². The Morgan fingerprint density at radius 1 is 1.00 bits per heavy atom. The Morgan fingerprint density at radius 3 is 2.44 bits per heavy atom. The van der Waals surface area contributed by atoms with Gasteiger partial charge in [-0.05, 0) is 42.0 Å². The number of nitrogens with zero attached hydrogens (tertiary/aromatic N) is 2. The summed E-state index contributed by atoms with van der Waals surface area (Å²) in [5.41, 5.74) is -0.686. The summed E-state index contributed by atoms with van der Waals surface area (Å²) in [4.78, 5) is 39.9. The highest BCUT2D eigenvalue weighted by Gasteiger charge is 2.38. The minimum absolute atomic E-state index is 0.0116. The molecule has 0 spiro atoms. The number of hydrogen-bond acceptors (Lipinski definition) is 8. The lowest BCUT2D eigenvalue weighted by Crippen LogP contribution is -2.59. The second kappa shape index (κ2) is 11.9. The predicted octanol–water partition coefficient (Wildman–Crippen LogP) is 4.09. The fourth-order valence-electron chi connectivity index (χ4n) is 4.11. The Labute approximate surface area is 226 Å². The first-order valence-corrected chi connectivity index (χ1v) is 12.6. The topological polar surface area (TPSA) is 94.6 Å². The largest absolute Gasteiger partial charge is 0.486 e. The Balaban J connectivity index is 1.50. The average Bonchev–Trinajstić information content (AvgIpc) is 2.94. The van der Waals surface area contributed by atoms with E-state index in [1.165, 1.54) is 30.2 Å². The van der Waals surface area contributed by atoms with Crippen LogP contribution in [0.1, 0.15) is 11.1 Å². The number of carbonyl (C=O) groups is 3. The molecule has 0 radical (unpaired) electrons. The summed E-state index contributed by atoms with van der Waals surface area (Å²) < 4.78 is 62.2. The van der Waals surface area contributed by atoms with Crippen LogP contribution in [0.4, 0.5) is 18.0 Å². The number of methoxy groups -OCH3 is 2. The monoisotopic (exact) mass is 566 g/mol. The molecule has 2 aromatic carbocycles. The lowest BCUT2D eigenvalue weighted by molar-refractivity contribution is -0.150. The molecule has 0 saturated carbocycles. The van der Waals surface area contributed by atoms with Gasteiger partial charge in [-0.3, -0.25) is 9.69 Å². The van der Waals surface area contributed by atoms with Crippen molar-refractivity contribution in [2.45, 2.75) is 22.0 Å². The lowest BCUT2D eigenvalue weighted by atomic mass is 10.1. The molecule has 2 heterocycles. The molecule has 9 nitrogen and oxygen atoms in total. The van der Waals surface area contributed by atoms with Crippen molar-refractivity contribution in [1.29, 1.82) is 0 Å². The Bertz CT molecular complexity index is 1280. The third-order valence-corrected chi connectivity index (χ3v) is 7.11. The van der Waals surface area contributed by atoms with E-state index in [9.17, 15) is 27.6 Å². The number of hydrogen-bond donors (Lipinski definition) is 0. The first-order valence-electron chi connectivity index (χ1n) is 11.8. The molecule has 208 valence electrons. The fourth-order valence-corrected chi connectivity index (χ4v) is 5.08. The van der Waals surface area contributed by atoms with E-state index < -0.39 is 35.8 Å². The van der Waals surface area contributed by atoms with Gasteiger partial charge in [0.15, 0.2) is 17.5 Å². The summed E-state index contributed by atoms with van der Waals surface area (Å²) in [6.07, 6.45) is -2.97. The van der Waals surface area contributed by atoms with Gasteiger partial charge in [0.2, 0.25) is 5.91 Å².